The van der Waals surface area contributed by atoms with Crippen LogP contribution in [0.4, 0.5) is 8.78 Å². The van der Waals surface area contributed by atoms with Gasteiger partial charge in [0.1, 0.15) is 17.9 Å². The summed E-state index contributed by atoms with van der Waals surface area (Å²) in [6, 6.07) is 10.6. The lowest BCUT2D eigenvalue weighted by molar-refractivity contribution is 0.112. The summed E-state index contributed by atoms with van der Waals surface area (Å²) in [6.45, 7) is 0. The van der Waals surface area contributed by atoms with Gasteiger partial charge in [0.15, 0.2) is 0 Å². The van der Waals surface area contributed by atoms with E-state index in [4.69, 9.17) is 0 Å². The Hall–Kier alpha value is -1.68. The average molecular weight is 264 g/mol. The van der Waals surface area contributed by atoms with Crippen LogP contribution in [0.15, 0.2) is 47.4 Å². The summed E-state index contributed by atoms with van der Waals surface area (Å²) in [6.07, 6.45) is 0.766. The monoisotopic (exact) mass is 264 g/mol. The SMILES string of the molecule is O=Cc1cccc(SCc2ccc(F)cc2F)c1. The van der Waals surface area contributed by atoms with E-state index < -0.39 is 11.6 Å². The summed E-state index contributed by atoms with van der Waals surface area (Å²) >= 11 is 1.40. The van der Waals surface area contributed by atoms with Crippen LogP contribution < -0.4 is 0 Å². The molecule has 0 aliphatic heterocycles. The minimum atomic E-state index is -0.579. The Morgan fingerprint density at radius 2 is 1.94 bits per heavy atom. The number of carbonyl (C=O) groups excluding carboxylic acids is 1. The number of halogens is 2. The molecule has 2 rings (SSSR count). The van der Waals surface area contributed by atoms with Gasteiger partial charge in [0.25, 0.3) is 0 Å². The van der Waals surface area contributed by atoms with E-state index in [0.29, 0.717) is 16.9 Å². The van der Waals surface area contributed by atoms with Crippen molar-refractivity contribution in [2.75, 3.05) is 0 Å². The minimum absolute atomic E-state index is 0.397. The van der Waals surface area contributed by atoms with Crippen molar-refractivity contribution in [3.05, 3.63) is 65.2 Å². The zero-order valence-corrected chi connectivity index (χ0v) is 10.2. The summed E-state index contributed by atoms with van der Waals surface area (Å²) in [5.41, 5.74) is 1.03. The molecule has 0 fully saturated rings. The number of carbonyl (C=O) groups is 1. The molecule has 0 atom stereocenters. The van der Waals surface area contributed by atoms with Gasteiger partial charge < -0.3 is 0 Å². The van der Waals surface area contributed by atoms with Crippen molar-refractivity contribution in [3.63, 3.8) is 0 Å². The van der Waals surface area contributed by atoms with Gasteiger partial charge in [0.2, 0.25) is 0 Å². The van der Waals surface area contributed by atoms with Gasteiger partial charge in [-0.25, -0.2) is 8.78 Å². The van der Waals surface area contributed by atoms with E-state index in [0.717, 1.165) is 17.2 Å². The van der Waals surface area contributed by atoms with Crippen LogP contribution in [-0.4, -0.2) is 6.29 Å². The smallest absolute Gasteiger partial charge is 0.150 e. The van der Waals surface area contributed by atoms with Gasteiger partial charge in [-0.05, 0) is 23.8 Å². The number of thioether (sulfide) groups is 1. The molecule has 4 heteroatoms. The van der Waals surface area contributed by atoms with E-state index in [2.05, 4.69) is 0 Å². The van der Waals surface area contributed by atoms with Crippen LogP contribution in [0.5, 0.6) is 0 Å². The lowest BCUT2D eigenvalue weighted by atomic mass is 10.2. The first-order valence-corrected chi connectivity index (χ1v) is 6.29. The van der Waals surface area contributed by atoms with Gasteiger partial charge in [-0.15, -0.1) is 11.8 Å². The normalized spacial score (nSPS) is 10.3. The maximum absolute atomic E-state index is 13.4. The van der Waals surface area contributed by atoms with Gasteiger partial charge in [-0.1, -0.05) is 18.2 Å². The summed E-state index contributed by atoms with van der Waals surface area (Å²) in [7, 11) is 0. The third-order valence-electron chi connectivity index (χ3n) is 2.40. The molecule has 92 valence electrons. The van der Waals surface area contributed by atoms with Gasteiger partial charge in [0, 0.05) is 22.3 Å². The molecule has 0 bridgehead atoms. The van der Waals surface area contributed by atoms with Crippen molar-refractivity contribution >= 4 is 18.0 Å². The Labute approximate surface area is 108 Å². The highest BCUT2D eigenvalue weighted by Gasteiger charge is 2.04. The molecule has 0 radical (unpaired) electrons. The van der Waals surface area contributed by atoms with Gasteiger partial charge in [-0.3, -0.25) is 4.79 Å². The highest BCUT2D eigenvalue weighted by Crippen LogP contribution is 2.24. The molecule has 2 aromatic rings. The Morgan fingerprint density at radius 1 is 1.11 bits per heavy atom. The van der Waals surface area contributed by atoms with Crippen molar-refractivity contribution in [1.82, 2.24) is 0 Å². The molecule has 0 unspecified atom stereocenters. The van der Waals surface area contributed by atoms with Crippen LogP contribution in [0.2, 0.25) is 0 Å². The van der Waals surface area contributed by atoms with Gasteiger partial charge in [0.05, 0.1) is 0 Å². The zero-order chi connectivity index (χ0) is 13.0. The molecule has 2 aromatic carbocycles. The zero-order valence-electron chi connectivity index (χ0n) is 9.40. The summed E-state index contributed by atoms with van der Waals surface area (Å²) in [5, 5.41) is 0. The maximum atomic E-state index is 13.4. The second-order valence-corrected chi connectivity index (χ2v) is 4.76. The minimum Gasteiger partial charge on any atom is -0.298 e. The van der Waals surface area contributed by atoms with Crippen LogP contribution in [0.3, 0.4) is 0 Å². The predicted molar refractivity (Wildman–Crippen MR) is 67.7 cm³/mol. The summed E-state index contributed by atoms with van der Waals surface area (Å²) in [4.78, 5) is 11.5. The molecule has 0 saturated carbocycles. The Bertz CT molecular complexity index is 569. The molecular formula is C14H10F2OS. The number of rotatable bonds is 4. The maximum Gasteiger partial charge on any atom is 0.150 e. The first kappa shape index (κ1) is 12.8. The average Bonchev–Trinajstić information content (AvgIpc) is 2.38. The van der Waals surface area contributed by atoms with Crippen molar-refractivity contribution in [2.24, 2.45) is 0 Å². The highest BCUT2D eigenvalue weighted by molar-refractivity contribution is 7.98. The Morgan fingerprint density at radius 3 is 2.67 bits per heavy atom. The van der Waals surface area contributed by atoms with Crippen LogP contribution >= 0.6 is 11.8 Å². The fourth-order valence-corrected chi connectivity index (χ4v) is 2.43. The van der Waals surface area contributed by atoms with Crippen LogP contribution in [0.1, 0.15) is 15.9 Å². The lowest BCUT2D eigenvalue weighted by Gasteiger charge is -2.04. The molecule has 1 nitrogen and oxygen atoms in total. The van der Waals surface area contributed by atoms with Crippen LogP contribution in [0.25, 0.3) is 0 Å². The van der Waals surface area contributed by atoms with Crippen molar-refractivity contribution in [2.45, 2.75) is 10.6 Å². The topological polar surface area (TPSA) is 17.1 Å². The third kappa shape index (κ3) is 3.17. The van der Waals surface area contributed by atoms with E-state index in [-0.39, 0.29) is 0 Å². The Kier molecular flexibility index (Phi) is 4.10. The molecular weight excluding hydrogens is 254 g/mol. The molecule has 0 saturated heterocycles. The third-order valence-corrected chi connectivity index (χ3v) is 3.45. The second kappa shape index (κ2) is 5.78. The second-order valence-electron chi connectivity index (χ2n) is 3.71. The first-order chi connectivity index (χ1) is 8.69. The van der Waals surface area contributed by atoms with E-state index in [1.807, 2.05) is 6.07 Å². The summed E-state index contributed by atoms with van der Waals surface area (Å²) < 4.78 is 26.1. The number of hydrogen-bond donors (Lipinski definition) is 0. The van der Waals surface area contributed by atoms with Gasteiger partial charge >= 0.3 is 0 Å². The van der Waals surface area contributed by atoms with Crippen molar-refractivity contribution < 1.29 is 13.6 Å². The van der Waals surface area contributed by atoms with E-state index in [9.17, 15) is 13.6 Å². The first-order valence-electron chi connectivity index (χ1n) is 5.31. The number of benzene rings is 2. The highest BCUT2D eigenvalue weighted by atomic mass is 32.2. The number of hydrogen-bond acceptors (Lipinski definition) is 2. The van der Waals surface area contributed by atoms with E-state index >= 15 is 0 Å². The molecule has 0 N–H and O–H groups in total. The number of aldehydes is 1. The van der Waals surface area contributed by atoms with E-state index in [1.165, 1.54) is 23.9 Å². The van der Waals surface area contributed by atoms with Crippen molar-refractivity contribution in [3.8, 4) is 0 Å². The largest absolute Gasteiger partial charge is 0.298 e. The quantitative estimate of drug-likeness (QED) is 0.611. The molecule has 0 aliphatic carbocycles. The fraction of sp³-hybridized carbons (Fsp3) is 0.0714. The van der Waals surface area contributed by atoms with Crippen molar-refractivity contribution in [1.29, 1.82) is 0 Å². The molecule has 0 aliphatic rings. The molecule has 0 spiro atoms. The molecule has 0 aromatic heterocycles. The molecule has 0 amide bonds. The standard InChI is InChI=1S/C14H10F2OS/c15-12-5-4-11(14(16)7-12)9-18-13-3-1-2-10(6-13)8-17/h1-8H,9H2. The van der Waals surface area contributed by atoms with Crippen LogP contribution in [0, 0.1) is 11.6 Å². The van der Waals surface area contributed by atoms with E-state index in [1.54, 1.807) is 18.2 Å². The van der Waals surface area contributed by atoms with Crippen LogP contribution in [-0.2, 0) is 5.75 Å². The van der Waals surface area contributed by atoms with Gasteiger partial charge in [-0.2, -0.15) is 0 Å². The lowest BCUT2D eigenvalue weighted by Crippen LogP contribution is -1.89. The fourth-order valence-electron chi connectivity index (χ4n) is 1.48. The summed E-state index contributed by atoms with van der Waals surface area (Å²) in [5.74, 6) is -0.729. The molecule has 18 heavy (non-hydrogen) atoms. The Balaban J connectivity index is 2.08. The molecule has 0 heterocycles. The predicted octanol–water partition coefficient (Wildman–Crippen LogP) is 4.07.